The lowest BCUT2D eigenvalue weighted by atomic mass is 10.1. The van der Waals surface area contributed by atoms with Crippen molar-refractivity contribution in [2.24, 2.45) is 0 Å². The van der Waals surface area contributed by atoms with Gasteiger partial charge in [-0.3, -0.25) is 0 Å². The predicted molar refractivity (Wildman–Crippen MR) is 69.1 cm³/mol. The van der Waals surface area contributed by atoms with Gasteiger partial charge in [-0.05, 0) is 44.2 Å². The molecule has 0 N–H and O–H groups in total. The van der Waals surface area contributed by atoms with Crippen LogP contribution >= 0.6 is 15.9 Å². The van der Waals surface area contributed by atoms with E-state index in [1.807, 2.05) is 0 Å². The maximum Gasteiger partial charge on any atom is 0.125 e. The summed E-state index contributed by atoms with van der Waals surface area (Å²) in [7, 11) is 0. The minimum Gasteiger partial charge on any atom is -0.493 e. The van der Waals surface area contributed by atoms with Gasteiger partial charge < -0.3 is 4.74 Å². The Morgan fingerprint density at radius 2 is 1.73 bits per heavy atom. The van der Waals surface area contributed by atoms with Crippen molar-refractivity contribution in [2.45, 2.75) is 33.1 Å². The first-order valence-corrected chi connectivity index (χ1v) is 6.63. The fraction of sp³-hybridized carbons (Fsp3) is 0.538. The lowest BCUT2D eigenvalue weighted by Gasteiger charge is -2.11. The molecule has 1 aromatic rings. The maximum absolute atomic E-state index is 5.80. The second kappa shape index (κ2) is 6.89. The van der Waals surface area contributed by atoms with Gasteiger partial charge in [0.2, 0.25) is 0 Å². The van der Waals surface area contributed by atoms with Crippen LogP contribution in [0.4, 0.5) is 0 Å². The topological polar surface area (TPSA) is 9.23 Å². The van der Waals surface area contributed by atoms with Crippen LogP contribution in [0.25, 0.3) is 0 Å². The summed E-state index contributed by atoms with van der Waals surface area (Å²) in [6.45, 7) is 5.03. The highest BCUT2D eigenvalue weighted by Crippen LogP contribution is 2.22. The Kier molecular flexibility index (Phi) is 5.77. The SMILES string of the molecule is Cc1cccc(C)c1OCCCCCBr. The highest BCUT2D eigenvalue weighted by atomic mass is 79.9. The normalized spacial score (nSPS) is 10.3. The first-order valence-electron chi connectivity index (χ1n) is 5.50. The van der Waals surface area contributed by atoms with Crippen molar-refractivity contribution >= 4 is 15.9 Å². The van der Waals surface area contributed by atoms with Crippen molar-refractivity contribution in [2.75, 3.05) is 11.9 Å². The van der Waals surface area contributed by atoms with Crippen molar-refractivity contribution in [3.8, 4) is 5.75 Å². The van der Waals surface area contributed by atoms with E-state index in [1.165, 1.54) is 24.0 Å². The van der Waals surface area contributed by atoms with Crippen LogP contribution in [0.3, 0.4) is 0 Å². The average Bonchev–Trinajstić information content (AvgIpc) is 2.21. The molecule has 0 aliphatic carbocycles. The monoisotopic (exact) mass is 270 g/mol. The second-order valence-electron chi connectivity index (χ2n) is 3.82. The van der Waals surface area contributed by atoms with Crippen LogP contribution in [-0.2, 0) is 0 Å². The standard InChI is InChI=1S/C13H19BrO/c1-11-7-6-8-12(2)13(11)15-10-5-3-4-9-14/h6-8H,3-5,9-10H2,1-2H3. The molecule has 0 aliphatic rings. The summed E-state index contributed by atoms with van der Waals surface area (Å²) in [6.07, 6.45) is 3.60. The van der Waals surface area contributed by atoms with Gasteiger partial charge in [0, 0.05) is 5.33 Å². The lowest BCUT2D eigenvalue weighted by Crippen LogP contribution is -2.00. The van der Waals surface area contributed by atoms with Gasteiger partial charge in [-0.15, -0.1) is 0 Å². The van der Waals surface area contributed by atoms with E-state index in [2.05, 4.69) is 48.0 Å². The van der Waals surface area contributed by atoms with Crippen molar-refractivity contribution in [3.63, 3.8) is 0 Å². The van der Waals surface area contributed by atoms with Crippen molar-refractivity contribution in [1.82, 2.24) is 0 Å². The molecule has 84 valence electrons. The van der Waals surface area contributed by atoms with Gasteiger partial charge >= 0.3 is 0 Å². The van der Waals surface area contributed by atoms with E-state index in [-0.39, 0.29) is 0 Å². The largest absolute Gasteiger partial charge is 0.493 e. The molecule has 0 amide bonds. The van der Waals surface area contributed by atoms with Crippen molar-refractivity contribution in [3.05, 3.63) is 29.3 Å². The molecule has 0 aliphatic heterocycles. The number of unbranched alkanes of at least 4 members (excludes halogenated alkanes) is 2. The zero-order valence-electron chi connectivity index (χ0n) is 9.55. The Morgan fingerprint density at radius 1 is 1.07 bits per heavy atom. The summed E-state index contributed by atoms with van der Waals surface area (Å²) in [5.41, 5.74) is 2.46. The van der Waals surface area contributed by atoms with Gasteiger partial charge in [0.25, 0.3) is 0 Å². The summed E-state index contributed by atoms with van der Waals surface area (Å²) >= 11 is 3.43. The van der Waals surface area contributed by atoms with Crippen LogP contribution < -0.4 is 4.74 Å². The first-order chi connectivity index (χ1) is 7.25. The molecule has 0 fully saturated rings. The molecule has 15 heavy (non-hydrogen) atoms. The van der Waals surface area contributed by atoms with E-state index in [0.717, 1.165) is 24.1 Å². The number of alkyl halides is 1. The Labute approximate surface area is 101 Å². The van der Waals surface area contributed by atoms with Crippen LogP contribution in [0.15, 0.2) is 18.2 Å². The van der Waals surface area contributed by atoms with E-state index >= 15 is 0 Å². The van der Waals surface area contributed by atoms with E-state index in [4.69, 9.17) is 4.74 Å². The molecular weight excluding hydrogens is 252 g/mol. The Morgan fingerprint density at radius 3 is 2.33 bits per heavy atom. The van der Waals surface area contributed by atoms with Gasteiger partial charge in [0.05, 0.1) is 6.61 Å². The molecule has 1 aromatic carbocycles. The minimum atomic E-state index is 0.832. The number of hydrogen-bond acceptors (Lipinski definition) is 1. The van der Waals surface area contributed by atoms with Crippen LogP contribution in [0, 0.1) is 13.8 Å². The molecule has 2 heteroatoms. The fourth-order valence-electron chi connectivity index (χ4n) is 1.57. The van der Waals surface area contributed by atoms with E-state index in [9.17, 15) is 0 Å². The number of benzene rings is 1. The molecule has 0 radical (unpaired) electrons. The van der Waals surface area contributed by atoms with Crippen LogP contribution in [0.5, 0.6) is 5.75 Å². The van der Waals surface area contributed by atoms with Crippen LogP contribution in [-0.4, -0.2) is 11.9 Å². The quantitative estimate of drug-likeness (QED) is 0.555. The molecule has 0 atom stereocenters. The summed E-state index contributed by atoms with van der Waals surface area (Å²) in [5, 5.41) is 1.09. The van der Waals surface area contributed by atoms with Gasteiger partial charge in [0.15, 0.2) is 0 Å². The van der Waals surface area contributed by atoms with E-state index in [1.54, 1.807) is 0 Å². The highest BCUT2D eigenvalue weighted by Gasteiger charge is 2.01. The van der Waals surface area contributed by atoms with Crippen molar-refractivity contribution < 1.29 is 4.74 Å². The molecule has 0 spiro atoms. The number of aryl methyl sites for hydroxylation is 2. The maximum atomic E-state index is 5.80. The van der Waals surface area contributed by atoms with Gasteiger partial charge in [-0.2, -0.15) is 0 Å². The second-order valence-corrected chi connectivity index (χ2v) is 4.61. The molecule has 0 saturated carbocycles. The van der Waals surface area contributed by atoms with Crippen LogP contribution in [0.1, 0.15) is 30.4 Å². The average molecular weight is 271 g/mol. The van der Waals surface area contributed by atoms with Gasteiger partial charge in [0.1, 0.15) is 5.75 Å². The minimum absolute atomic E-state index is 0.832. The number of halogens is 1. The van der Waals surface area contributed by atoms with Crippen LogP contribution in [0.2, 0.25) is 0 Å². The molecule has 0 heterocycles. The summed E-state index contributed by atoms with van der Waals surface area (Å²) in [4.78, 5) is 0. The highest BCUT2D eigenvalue weighted by molar-refractivity contribution is 9.09. The summed E-state index contributed by atoms with van der Waals surface area (Å²) in [5.74, 6) is 1.07. The Balaban J connectivity index is 2.37. The van der Waals surface area contributed by atoms with Gasteiger partial charge in [-0.25, -0.2) is 0 Å². The number of ether oxygens (including phenoxy) is 1. The van der Waals surface area contributed by atoms with E-state index < -0.39 is 0 Å². The van der Waals surface area contributed by atoms with Crippen molar-refractivity contribution in [1.29, 1.82) is 0 Å². The first kappa shape index (κ1) is 12.6. The Hall–Kier alpha value is -0.500. The third-order valence-corrected chi connectivity index (χ3v) is 2.99. The molecule has 0 saturated heterocycles. The number of hydrogen-bond donors (Lipinski definition) is 0. The summed E-state index contributed by atoms with van der Waals surface area (Å²) in [6, 6.07) is 6.27. The smallest absolute Gasteiger partial charge is 0.125 e. The zero-order chi connectivity index (χ0) is 11.1. The fourth-order valence-corrected chi connectivity index (χ4v) is 1.97. The molecule has 0 unspecified atom stereocenters. The third-order valence-electron chi connectivity index (χ3n) is 2.43. The predicted octanol–water partition coefficient (Wildman–Crippen LogP) is 4.25. The number of rotatable bonds is 6. The zero-order valence-corrected chi connectivity index (χ0v) is 11.1. The number of para-hydroxylation sites is 1. The molecule has 0 aromatic heterocycles. The van der Waals surface area contributed by atoms with E-state index in [0.29, 0.717) is 0 Å². The van der Waals surface area contributed by atoms with Gasteiger partial charge in [-0.1, -0.05) is 34.1 Å². The molecule has 1 rings (SSSR count). The third kappa shape index (κ3) is 4.25. The molecule has 0 bridgehead atoms. The Bertz CT molecular complexity index is 276. The molecule has 1 nitrogen and oxygen atoms in total. The molecular formula is C13H19BrO. The lowest BCUT2D eigenvalue weighted by molar-refractivity contribution is 0.302. The summed E-state index contributed by atoms with van der Waals surface area (Å²) < 4.78 is 5.80.